The minimum Gasteiger partial charge on any atom is -0.351 e. The fourth-order valence-corrected chi connectivity index (χ4v) is 1.87. The van der Waals surface area contributed by atoms with Crippen LogP contribution in [0, 0.1) is 0 Å². The topological polar surface area (TPSA) is 72.2 Å². The van der Waals surface area contributed by atoms with E-state index in [2.05, 4.69) is 20.4 Å². The molecule has 3 rings (SSSR count). The quantitative estimate of drug-likeness (QED) is 0.838. The van der Waals surface area contributed by atoms with Gasteiger partial charge in [0.2, 0.25) is 11.1 Å². The number of aromatic nitrogens is 4. The first-order valence-electron chi connectivity index (χ1n) is 5.06. The molecule has 0 aliphatic heterocycles. The van der Waals surface area contributed by atoms with Crippen LogP contribution in [0.3, 0.4) is 0 Å². The predicted octanol–water partition coefficient (Wildman–Crippen LogP) is 0.436. The Labute approximate surface area is 94.6 Å². The molecule has 0 aromatic carbocycles. The predicted molar refractivity (Wildman–Crippen MR) is 59.8 cm³/mol. The second-order valence-corrected chi connectivity index (χ2v) is 5.08. The van der Waals surface area contributed by atoms with Crippen molar-refractivity contribution < 1.29 is 4.21 Å². The molecule has 6 nitrogen and oxygen atoms in total. The van der Waals surface area contributed by atoms with Crippen molar-refractivity contribution >= 4 is 22.4 Å². The molecule has 7 heteroatoms. The van der Waals surface area contributed by atoms with Gasteiger partial charge in [-0.3, -0.25) is 4.21 Å². The van der Waals surface area contributed by atoms with Gasteiger partial charge in [0.15, 0.2) is 5.65 Å². The lowest BCUT2D eigenvalue weighted by molar-refractivity contribution is 0.678. The molecule has 1 N–H and O–H groups in total. The number of fused-ring (bicyclic) bond motifs is 1. The number of nitrogens with zero attached hydrogens (tertiary/aromatic N) is 4. The largest absolute Gasteiger partial charge is 0.351 e. The van der Waals surface area contributed by atoms with Crippen LogP contribution in [0.1, 0.15) is 12.8 Å². The number of hydrogen-bond acceptors (Lipinski definition) is 5. The summed E-state index contributed by atoms with van der Waals surface area (Å²) in [6.45, 7) is 0. The summed E-state index contributed by atoms with van der Waals surface area (Å²) in [4.78, 5) is 8.40. The van der Waals surface area contributed by atoms with Gasteiger partial charge < -0.3 is 5.32 Å². The van der Waals surface area contributed by atoms with Crippen LogP contribution < -0.4 is 5.32 Å². The van der Waals surface area contributed by atoms with Crippen molar-refractivity contribution in [1.82, 2.24) is 19.6 Å². The van der Waals surface area contributed by atoms with Crippen molar-refractivity contribution in [2.45, 2.75) is 24.0 Å². The van der Waals surface area contributed by atoms with E-state index in [1.807, 2.05) is 0 Å². The highest BCUT2D eigenvalue weighted by Gasteiger charge is 2.23. The molecule has 0 bridgehead atoms. The molecule has 0 radical (unpaired) electrons. The van der Waals surface area contributed by atoms with Crippen molar-refractivity contribution in [3.8, 4) is 0 Å². The summed E-state index contributed by atoms with van der Waals surface area (Å²) in [5.74, 6) is 0.628. The highest BCUT2D eigenvalue weighted by molar-refractivity contribution is 7.84. The van der Waals surface area contributed by atoms with Crippen LogP contribution in [0.5, 0.6) is 0 Å². The minimum absolute atomic E-state index is 0.344. The van der Waals surface area contributed by atoms with Crippen LogP contribution in [0.4, 0.5) is 5.95 Å². The van der Waals surface area contributed by atoms with Gasteiger partial charge in [-0.1, -0.05) is 0 Å². The first-order valence-corrected chi connectivity index (χ1v) is 6.61. The molecule has 1 atom stereocenters. The Morgan fingerprint density at radius 3 is 3.00 bits per heavy atom. The maximum atomic E-state index is 11.4. The third-order valence-corrected chi connectivity index (χ3v) is 3.10. The lowest BCUT2D eigenvalue weighted by Crippen LogP contribution is -2.12. The molecular weight excluding hydrogens is 226 g/mol. The summed E-state index contributed by atoms with van der Waals surface area (Å²) < 4.78 is 13.0. The molecule has 1 aliphatic carbocycles. The van der Waals surface area contributed by atoms with Gasteiger partial charge in [-0.25, -0.2) is 4.98 Å². The molecule has 1 aliphatic rings. The van der Waals surface area contributed by atoms with Gasteiger partial charge in [-0.05, 0) is 12.8 Å². The third-order valence-electron chi connectivity index (χ3n) is 2.40. The normalized spacial score (nSPS) is 17.6. The molecule has 1 unspecified atom stereocenters. The van der Waals surface area contributed by atoms with Crippen LogP contribution in [0.25, 0.3) is 5.65 Å². The molecule has 1 fully saturated rings. The SMILES string of the molecule is CS(=O)c1nc(NC2CC2)n2nccc2n1. The van der Waals surface area contributed by atoms with E-state index in [1.54, 1.807) is 23.0 Å². The van der Waals surface area contributed by atoms with E-state index >= 15 is 0 Å². The van der Waals surface area contributed by atoms with Crippen molar-refractivity contribution in [3.05, 3.63) is 12.3 Å². The van der Waals surface area contributed by atoms with Crippen molar-refractivity contribution in [1.29, 1.82) is 0 Å². The molecule has 2 heterocycles. The Morgan fingerprint density at radius 1 is 1.50 bits per heavy atom. The van der Waals surface area contributed by atoms with Crippen molar-refractivity contribution in [2.75, 3.05) is 11.6 Å². The molecular formula is C9H11N5OS. The van der Waals surface area contributed by atoms with Gasteiger partial charge in [-0.2, -0.15) is 14.6 Å². The van der Waals surface area contributed by atoms with Crippen molar-refractivity contribution in [2.24, 2.45) is 0 Å². The van der Waals surface area contributed by atoms with Crippen LogP contribution in [0.2, 0.25) is 0 Å². The summed E-state index contributed by atoms with van der Waals surface area (Å²) in [6, 6.07) is 2.25. The van der Waals surface area contributed by atoms with E-state index < -0.39 is 10.8 Å². The minimum atomic E-state index is -1.18. The second-order valence-electron chi connectivity index (χ2n) is 3.80. The Balaban J connectivity index is 2.13. The fraction of sp³-hybridized carbons (Fsp3) is 0.444. The number of anilines is 1. The number of rotatable bonds is 3. The van der Waals surface area contributed by atoms with Crippen LogP contribution in [-0.2, 0) is 10.8 Å². The van der Waals surface area contributed by atoms with Crippen molar-refractivity contribution in [3.63, 3.8) is 0 Å². The van der Waals surface area contributed by atoms with Gasteiger partial charge in [0.25, 0.3) is 0 Å². The zero-order chi connectivity index (χ0) is 11.1. The monoisotopic (exact) mass is 237 g/mol. The summed E-state index contributed by atoms with van der Waals surface area (Å²) in [5, 5.41) is 7.73. The molecule has 1 saturated carbocycles. The first kappa shape index (κ1) is 9.71. The molecule has 2 aromatic heterocycles. The summed E-state index contributed by atoms with van der Waals surface area (Å²) in [5.41, 5.74) is 0.670. The Bertz CT molecular complexity index is 562. The molecule has 0 saturated heterocycles. The first-order chi connectivity index (χ1) is 7.74. The summed E-state index contributed by atoms with van der Waals surface area (Å²) in [6.07, 6.45) is 5.53. The smallest absolute Gasteiger partial charge is 0.228 e. The molecule has 0 spiro atoms. The maximum absolute atomic E-state index is 11.4. The lowest BCUT2D eigenvalue weighted by Gasteiger charge is -2.06. The van der Waals surface area contributed by atoms with E-state index in [4.69, 9.17) is 0 Å². The lowest BCUT2D eigenvalue weighted by atomic mass is 10.6. The standard InChI is InChI=1S/C9H11N5OS/c1-16(15)9-12-7-4-5-10-14(7)8(13-9)11-6-2-3-6/h4-6H,2-3H2,1H3,(H,11,12,13). The van der Waals surface area contributed by atoms with Crippen LogP contribution >= 0.6 is 0 Å². The van der Waals surface area contributed by atoms with E-state index in [9.17, 15) is 4.21 Å². The van der Waals surface area contributed by atoms with Gasteiger partial charge in [-0.15, -0.1) is 0 Å². The Hall–Kier alpha value is -1.50. The number of nitrogens with one attached hydrogen (secondary N) is 1. The van der Waals surface area contributed by atoms with Crippen LogP contribution in [0.15, 0.2) is 17.4 Å². The third kappa shape index (κ3) is 1.67. The fourth-order valence-electron chi connectivity index (χ4n) is 1.44. The average Bonchev–Trinajstić information content (AvgIpc) is 2.93. The van der Waals surface area contributed by atoms with Gasteiger partial charge in [0.05, 0.1) is 17.0 Å². The second kappa shape index (κ2) is 3.51. The highest BCUT2D eigenvalue weighted by Crippen LogP contribution is 2.23. The number of hydrogen-bond donors (Lipinski definition) is 1. The van der Waals surface area contributed by atoms with E-state index in [0.717, 1.165) is 12.8 Å². The van der Waals surface area contributed by atoms with E-state index in [1.165, 1.54) is 0 Å². The zero-order valence-corrected chi connectivity index (χ0v) is 9.57. The van der Waals surface area contributed by atoms with E-state index in [-0.39, 0.29) is 0 Å². The average molecular weight is 237 g/mol. The summed E-state index contributed by atoms with van der Waals surface area (Å²) in [7, 11) is -1.18. The maximum Gasteiger partial charge on any atom is 0.228 e. The van der Waals surface area contributed by atoms with Gasteiger partial charge >= 0.3 is 0 Å². The molecule has 0 amide bonds. The molecule has 2 aromatic rings. The zero-order valence-electron chi connectivity index (χ0n) is 8.75. The summed E-state index contributed by atoms with van der Waals surface area (Å²) >= 11 is 0. The van der Waals surface area contributed by atoms with Gasteiger partial charge in [0.1, 0.15) is 0 Å². The Morgan fingerprint density at radius 2 is 2.31 bits per heavy atom. The van der Waals surface area contributed by atoms with E-state index in [0.29, 0.717) is 22.8 Å². The molecule has 84 valence electrons. The van der Waals surface area contributed by atoms with Gasteiger partial charge in [0, 0.05) is 18.4 Å². The molecule has 16 heavy (non-hydrogen) atoms. The highest BCUT2D eigenvalue weighted by atomic mass is 32.2. The Kier molecular flexibility index (Phi) is 2.13. The van der Waals surface area contributed by atoms with Crippen LogP contribution in [-0.4, -0.2) is 36.1 Å².